The van der Waals surface area contributed by atoms with E-state index in [0.29, 0.717) is 12.8 Å². The molecule has 0 fully saturated rings. The second kappa shape index (κ2) is 7.59. The number of aromatic nitrogens is 1. The third-order valence-electron chi connectivity index (χ3n) is 3.96. The lowest BCUT2D eigenvalue weighted by molar-refractivity contribution is -0.121. The number of nitrogens with one attached hydrogen (secondary N) is 1. The largest absolute Gasteiger partial charge is 0.469 e. The highest BCUT2D eigenvalue weighted by Gasteiger charge is 2.10. The Balaban J connectivity index is 1.56. The van der Waals surface area contributed by atoms with Crippen LogP contribution in [0.5, 0.6) is 0 Å². The topological polar surface area (TPSA) is 55.1 Å². The molecular formula is C20H20N2O2. The average molecular weight is 320 g/mol. The molecule has 24 heavy (non-hydrogen) atoms. The number of hydrogen-bond donors (Lipinski definition) is 1. The van der Waals surface area contributed by atoms with E-state index in [0.717, 1.165) is 22.5 Å². The van der Waals surface area contributed by atoms with Crippen LogP contribution in [-0.4, -0.2) is 10.9 Å². The maximum atomic E-state index is 12.0. The summed E-state index contributed by atoms with van der Waals surface area (Å²) in [7, 11) is 0. The summed E-state index contributed by atoms with van der Waals surface area (Å²) < 4.78 is 5.24. The first-order valence-corrected chi connectivity index (χ1v) is 8.04. The van der Waals surface area contributed by atoms with E-state index in [9.17, 15) is 4.79 Å². The smallest absolute Gasteiger partial charge is 0.220 e. The lowest BCUT2D eigenvalue weighted by Gasteiger charge is -2.15. The summed E-state index contributed by atoms with van der Waals surface area (Å²) in [6.45, 7) is 1.99. The first kappa shape index (κ1) is 16.0. The molecule has 0 radical (unpaired) electrons. The molecular weight excluding hydrogens is 300 g/mol. The Kier molecular flexibility index (Phi) is 5.06. The monoisotopic (exact) mass is 320 g/mol. The predicted octanol–water partition coefficient (Wildman–Crippen LogP) is 4.15. The standard InChI is InChI=1S/C20H20N2O2/c1-15(22-20(23)11-10-19-5-3-13-24-19)16-6-8-17(9-7-16)18-4-2-12-21-14-18/h2-9,12-15H,10-11H2,1H3,(H,22,23)/t15-/m0/s1. The molecule has 4 heteroatoms. The number of benzene rings is 1. The van der Waals surface area contributed by atoms with Gasteiger partial charge in [-0.1, -0.05) is 30.3 Å². The van der Waals surface area contributed by atoms with Crippen LogP contribution in [0.3, 0.4) is 0 Å². The van der Waals surface area contributed by atoms with Gasteiger partial charge in [0.05, 0.1) is 12.3 Å². The Morgan fingerprint density at radius 3 is 2.62 bits per heavy atom. The highest BCUT2D eigenvalue weighted by molar-refractivity contribution is 5.76. The zero-order valence-corrected chi connectivity index (χ0v) is 13.6. The molecule has 1 atom stereocenters. The molecule has 0 spiro atoms. The van der Waals surface area contributed by atoms with Gasteiger partial charge in [0.2, 0.25) is 5.91 Å². The van der Waals surface area contributed by atoms with Crippen molar-refractivity contribution in [2.75, 3.05) is 0 Å². The first-order valence-electron chi connectivity index (χ1n) is 8.04. The van der Waals surface area contributed by atoms with E-state index in [-0.39, 0.29) is 11.9 Å². The van der Waals surface area contributed by atoms with E-state index in [4.69, 9.17) is 4.42 Å². The third kappa shape index (κ3) is 4.10. The van der Waals surface area contributed by atoms with Gasteiger partial charge in [0, 0.05) is 25.2 Å². The molecule has 3 rings (SSSR count). The summed E-state index contributed by atoms with van der Waals surface area (Å²) in [5, 5.41) is 3.02. The molecule has 1 N–H and O–H groups in total. The highest BCUT2D eigenvalue weighted by atomic mass is 16.3. The van der Waals surface area contributed by atoms with Gasteiger partial charge in [-0.15, -0.1) is 0 Å². The first-order chi connectivity index (χ1) is 11.7. The van der Waals surface area contributed by atoms with Crippen LogP contribution >= 0.6 is 0 Å². The minimum Gasteiger partial charge on any atom is -0.469 e. The summed E-state index contributed by atoms with van der Waals surface area (Å²) in [5.41, 5.74) is 3.27. The van der Waals surface area contributed by atoms with Gasteiger partial charge in [-0.3, -0.25) is 9.78 Å². The third-order valence-corrected chi connectivity index (χ3v) is 3.96. The van der Waals surface area contributed by atoms with Gasteiger partial charge in [0.15, 0.2) is 0 Å². The maximum Gasteiger partial charge on any atom is 0.220 e. The van der Waals surface area contributed by atoms with Crippen LogP contribution in [0.1, 0.15) is 30.7 Å². The molecule has 3 aromatic rings. The molecule has 1 aromatic carbocycles. The molecule has 0 saturated carbocycles. The van der Waals surface area contributed by atoms with Crippen LogP contribution in [-0.2, 0) is 11.2 Å². The van der Waals surface area contributed by atoms with Crippen molar-refractivity contribution in [2.24, 2.45) is 0 Å². The fourth-order valence-corrected chi connectivity index (χ4v) is 2.59. The van der Waals surface area contributed by atoms with Crippen LogP contribution in [0, 0.1) is 0 Å². The van der Waals surface area contributed by atoms with Crippen molar-refractivity contribution in [3.63, 3.8) is 0 Å². The normalized spacial score (nSPS) is 11.9. The molecule has 4 nitrogen and oxygen atoms in total. The molecule has 0 aliphatic carbocycles. The lowest BCUT2D eigenvalue weighted by Crippen LogP contribution is -2.26. The van der Waals surface area contributed by atoms with E-state index in [1.54, 1.807) is 12.5 Å². The molecule has 0 aliphatic heterocycles. The molecule has 2 heterocycles. The summed E-state index contributed by atoms with van der Waals surface area (Å²) in [5.74, 6) is 0.855. The van der Waals surface area contributed by atoms with Gasteiger partial charge >= 0.3 is 0 Å². The summed E-state index contributed by atoms with van der Waals surface area (Å²) in [6.07, 6.45) is 6.27. The molecule has 0 unspecified atom stereocenters. The Bertz CT molecular complexity index is 765. The minimum absolute atomic E-state index is 0.0234. The van der Waals surface area contributed by atoms with Crippen molar-refractivity contribution >= 4 is 5.91 Å². The fraction of sp³-hybridized carbons (Fsp3) is 0.200. The van der Waals surface area contributed by atoms with Crippen molar-refractivity contribution < 1.29 is 9.21 Å². The molecule has 1 amide bonds. The molecule has 0 aliphatic rings. The number of rotatable bonds is 6. The quantitative estimate of drug-likeness (QED) is 0.742. The van der Waals surface area contributed by atoms with Gasteiger partial charge in [-0.25, -0.2) is 0 Å². The highest BCUT2D eigenvalue weighted by Crippen LogP contribution is 2.21. The maximum absolute atomic E-state index is 12.0. The number of carbonyl (C=O) groups excluding carboxylic acids is 1. The molecule has 122 valence electrons. The fourth-order valence-electron chi connectivity index (χ4n) is 2.59. The second-order valence-electron chi connectivity index (χ2n) is 5.73. The van der Waals surface area contributed by atoms with E-state index < -0.39 is 0 Å². The van der Waals surface area contributed by atoms with Crippen molar-refractivity contribution in [3.8, 4) is 11.1 Å². The Morgan fingerprint density at radius 1 is 1.12 bits per heavy atom. The van der Waals surface area contributed by atoms with Crippen molar-refractivity contribution in [2.45, 2.75) is 25.8 Å². The van der Waals surface area contributed by atoms with Crippen LogP contribution in [0.15, 0.2) is 71.6 Å². The summed E-state index contributed by atoms with van der Waals surface area (Å²) in [4.78, 5) is 16.2. The van der Waals surface area contributed by atoms with Crippen molar-refractivity contribution in [1.29, 1.82) is 0 Å². The van der Waals surface area contributed by atoms with Gasteiger partial charge in [-0.2, -0.15) is 0 Å². The molecule has 0 bridgehead atoms. The van der Waals surface area contributed by atoms with Gasteiger partial charge in [-0.05, 0) is 41.8 Å². The Labute approximate surface area is 141 Å². The average Bonchev–Trinajstić information content (AvgIpc) is 3.14. The van der Waals surface area contributed by atoms with Crippen molar-refractivity contribution in [3.05, 3.63) is 78.5 Å². The lowest BCUT2D eigenvalue weighted by atomic mass is 10.0. The number of nitrogens with zero attached hydrogens (tertiary/aromatic N) is 1. The van der Waals surface area contributed by atoms with Crippen LogP contribution < -0.4 is 5.32 Å². The number of amides is 1. The van der Waals surface area contributed by atoms with Gasteiger partial charge in [0.25, 0.3) is 0 Å². The summed E-state index contributed by atoms with van der Waals surface area (Å²) >= 11 is 0. The minimum atomic E-state index is -0.0305. The van der Waals surface area contributed by atoms with E-state index >= 15 is 0 Å². The molecule has 0 saturated heterocycles. The number of hydrogen-bond acceptors (Lipinski definition) is 3. The summed E-state index contributed by atoms with van der Waals surface area (Å²) in [6, 6.07) is 15.8. The Hall–Kier alpha value is -2.88. The van der Waals surface area contributed by atoms with E-state index in [1.807, 2.05) is 49.5 Å². The van der Waals surface area contributed by atoms with Crippen molar-refractivity contribution in [1.82, 2.24) is 10.3 Å². The predicted molar refractivity (Wildman–Crippen MR) is 93.3 cm³/mol. The second-order valence-corrected chi connectivity index (χ2v) is 5.73. The van der Waals surface area contributed by atoms with Gasteiger partial charge < -0.3 is 9.73 Å². The zero-order valence-electron chi connectivity index (χ0n) is 13.6. The zero-order chi connectivity index (χ0) is 16.8. The van der Waals surface area contributed by atoms with Crippen LogP contribution in [0.25, 0.3) is 11.1 Å². The number of carbonyl (C=O) groups is 1. The SMILES string of the molecule is C[C@H](NC(=O)CCc1ccco1)c1ccc(-c2cccnc2)cc1. The number of aryl methyl sites for hydroxylation is 1. The van der Waals surface area contributed by atoms with Gasteiger partial charge in [0.1, 0.15) is 5.76 Å². The van der Waals surface area contributed by atoms with E-state index in [2.05, 4.69) is 22.4 Å². The van der Waals surface area contributed by atoms with Crippen LogP contribution in [0.4, 0.5) is 0 Å². The number of furan rings is 1. The Morgan fingerprint density at radius 2 is 1.96 bits per heavy atom. The number of pyridine rings is 1. The van der Waals surface area contributed by atoms with E-state index in [1.165, 1.54) is 0 Å². The van der Waals surface area contributed by atoms with Crippen LogP contribution in [0.2, 0.25) is 0 Å². The molecule has 2 aromatic heterocycles.